The molecule has 37 heavy (non-hydrogen) atoms. The molecule has 2 heterocycles. The third-order valence-corrected chi connectivity index (χ3v) is 5.43. The van der Waals surface area contributed by atoms with Crippen LogP contribution in [0.5, 0.6) is 0 Å². The van der Waals surface area contributed by atoms with Crippen molar-refractivity contribution in [2.75, 3.05) is 0 Å². The largest absolute Gasteiger partial charge is 0.417 e. The number of hydrogen-bond acceptors (Lipinski definition) is 6. The first-order valence-corrected chi connectivity index (χ1v) is 10.9. The van der Waals surface area contributed by atoms with Gasteiger partial charge in [0.25, 0.3) is 17.4 Å². The van der Waals surface area contributed by atoms with Crippen LogP contribution in [0.3, 0.4) is 0 Å². The lowest BCUT2D eigenvalue weighted by Crippen LogP contribution is -2.40. The van der Waals surface area contributed by atoms with Crippen LogP contribution in [0.25, 0.3) is 10.8 Å². The molecule has 0 aliphatic heterocycles. The lowest BCUT2D eigenvalue weighted by atomic mass is 10.0. The first kappa shape index (κ1) is 25.5. The topological polar surface area (TPSA) is 129 Å². The number of halogens is 4. The van der Waals surface area contributed by atoms with E-state index in [1.807, 2.05) is 0 Å². The van der Waals surface area contributed by atoms with Crippen molar-refractivity contribution in [3.8, 4) is 0 Å². The quantitative estimate of drug-likeness (QED) is 0.260. The van der Waals surface area contributed by atoms with Gasteiger partial charge in [-0.25, -0.2) is 10.5 Å². The Morgan fingerprint density at radius 3 is 2.41 bits per heavy atom. The molecule has 2 amide bonds. The molecule has 0 aliphatic rings. The Morgan fingerprint density at radius 2 is 1.73 bits per heavy atom. The van der Waals surface area contributed by atoms with Crippen molar-refractivity contribution in [2.24, 2.45) is 5.10 Å². The number of H-pyrrole nitrogens is 1. The standard InChI is InChI=1S/C24H16ClF3N6O3/c25-17-10-14(24(26,27)28)11-29-18(17)12-30-33-23(37)20(31-21(35)13-6-2-1-3-7-13)19-15-8-4-5-9-16(15)22(36)34-32-19/h1-12,20H,(H,31,35)(H,33,37)(H,34,36). The molecule has 0 radical (unpaired) electrons. The first-order valence-electron chi connectivity index (χ1n) is 10.5. The molecule has 3 N–H and O–H groups in total. The molecule has 0 saturated carbocycles. The van der Waals surface area contributed by atoms with E-state index in [1.54, 1.807) is 48.5 Å². The molecule has 2 aromatic heterocycles. The molecule has 0 bridgehead atoms. The summed E-state index contributed by atoms with van der Waals surface area (Å²) >= 11 is 5.86. The summed E-state index contributed by atoms with van der Waals surface area (Å²) in [5, 5.41) is 12.8. The molecular weight excluding hydrogens is 513 g/mol. The van der Waals surface area contributed by atoms with Gasteiger partial charge in [-0.05, 0) is 24.3 Å². The molecule has 1 unspecified atom stereocenters. The summed E-state index contributed by atoms with van der Waals surface area (Å²) in [6.45, 7) is 0. The number of hydrazone groups is 1. The highest BCUT2D eigenvalue weighted by atomic mass is 35.5. The maximum absolute atomic E-state index is 13.1. The van der Waals surface area contributed by atoms with Crippen LogP contribution in [-0.2, 0) is 11.0 Å². The third-order valence-electron chi connectivity index (χ3n) is 5.13. The van der Waals surface area contributed by atoms with E-state index >= 15 is 0 Å². The average Bonchev–Trinajstić information content (AvgIpc) is 2.88. The number of carbonyl (C=O) groups is 2. The van der Waals surface area contributed by atoms with Gasteiger partial charge < -0.3 is 5.32 Å². The highest BCUT2D eigenvalue weighted by Crippen LogP contribution is 2.30. The van der Waals surface area contributed by atoms with Gasteiger partial charge in [-0.2, -0.15) is 23.4 Å². The predicted octanol–water partition coefficient (Wildman–Crippen LogP) is 3.61. The van der Waals surface area contributed by atoms with Gasteiger partial charge in [0, 0.05) is 17.1 Å². The Bertz CT molecular complexity index is 1560. The van der Waals surface area contributed by atoms with Crippen molar-refractivity contribution in [3.63, 3.8) is 0 Å². The van der Waals surface area contributed by atoms with Crippen LogP contribution in [0.2, 0.25) is 5.02 Å². The smallest absolute Gasteiger partial charge is 0.335 e. The van der Waals surface area contributed by atoms with Gasteiger partial charge in [-0.3, -0.25) is 19.4 Å². The number of hydrogen-bond donors (Lipinski definition) is 3. The maximum atomic E-state index is 13.1. The van der Waals surface area contributed by atoms with Gasteiger partial charge in [-0.1, -0.05) is 48.0 Å². The number of carbonyl (C=O) groups excluding carboxylic acids is 2. The number of fused-ring (bicyclic) bond motifs is 1. The zero-order chi connectivity index (χ0) is 26.6. The third kappa shape index (κ3) is 5.81. The highest BCUT2D eigenvalue weighted by molar-refractivity contribution is 6.32. The number of amides is 2. The summed E-state index contributed by atoms with van der Waals surface area (Å²) in [4.78, 5) is 41.8. The van der Waals surface area contributed by atoms with Gasteiger partial charge >= 0.3 is 6.18 Å². The van der Waals surface area contributed by atoms with E-state index in [0.29, 0.717) is 17.6 Å². The summed E-state index contributed by atoms with van der Waals surface area (Å²) in [7, 11) is 0. The van der Waals surface area contributed by atoms with E-state index in [1.165, 1.54) is 6.07 Å². The average molecular weight is 529 g/mol. The molecule has 4 aromatic rings. The van der Waals surface area contributed by atoms with Crippen molar-refractivity contribution < 1.29 is 22.8 Å². The molecule has 2 aromatic carbocycles. The molecule has 9 nitrogen and oxygen atoms in total. The summed E-state index contributed by atoms with van der Waals surface area (Å²) < 4.78 is 38.5. The summed E-state index contributed by atoms with van der Waals surface area (Å²) in [6.07, 6.45) is -3.10. The second kappa shape index (κ2) is 10.6. The van der Waals surface area contributed by atoms with Gasteiger partial charge in [0.1, 0.15) is 11.4 Å². The Morgan fingerprint density at radius 1 is 1.05 bits per heavy atom. The second-order valence-corrected chi connectivity index (χ2v) is 7.99. The lowest BCUT2D eigenvalue weighted by Gasteiger charge is -2.18. The Balaban J connectivity index is 1.64. The molecule has 188 valence electrons. The number of nitrogens with zero attached hydrogens (tertiary/aromatic N) is 3. The van der Waals surface area contributed by atoms with Crippen LogP contribution in [0.15, 0.2) is 76.8 Å². The SMILES string of the molecule is O=C(NC(C(=O)NN=Cc1ncc(C(F)(F)F)cc1Cl)c1n[nH]c(=O)c2ccccc12)c1ccccc1. The minimum Gasteiger partial charge on any atom is -0.335 e. The molecule has 13 heteroatoms. The lowest BCUT2D eigenvalue weighted by molar-refractivity contribution is -0.137. The molecule has 0 spiro atoms. The van der Waals surface area contributed by atoms with E-state index in [4.69, 9.17) is 11.6 Å². The Hall–Kier alpha value is -4.58. The number of aromatic nitrogens is 3. The van der Waals surface area contributed by atoms with E-state index < -0.39 is 35.2 Å². The van der Waals surface area contributed by atoms with Crippen LogP contribution >= 0.6 is 11.6 Å². The fraction of sp³-hybridized carbons (Fsp3) is 0.0833. The number of benzene rings is 2. The van der Waals surface area contributed by atoms with Gasteiger partial charge in [0.2, 0.25) is 0 Å². The zero-order valence-corrected chi connectivity index (χ0v) is 19.3. The van der Waals surface area contributed by atoms with E-state index in [9.17, 15) is 27.6 Å². The zero-order valence-electron chi connectivity index (χ0n) is 18.6. The minimum atomic E-state index is -4.63. The summed E-state index contributed by atoms with van der Waals surface area (Å²) in [6, 6.07) is 13.7. The molecule has 4 rings (SSSR count). The van der Waals surface area contributed by atoms with Crippen molar-refractivity contribution in [2.45, 2.75) is 12.2 Å². The molecule has 0 fully saturated rings. The van der Waals surface area contributed by atoms with Gasteiger partial charge in [0.15, 0.2) is 6.04 Å². The molecular formula is C24H16ClF3N6O3. The molecule has 0 aliphatic carbocycles. The van der Waals surface area contributed by atoms with Crippen molar-refractivity contribution >= 4 is 40.4 Å². The summed E-state index contributed by atoms with van der Waals surface area (Å²) in [5.41, 5.74) is 0.836. The van der Waals surface area contributed by atoms with Crippen LogP contribution in [-0.4, -0.2) is 33.2 Å². The van der Waals surface area contributed by atoms with Crippen molar-refractivity contribution in [1.82, 2.24) is 25.9 Å². The monoisotopic (exact) mass is 528 g/mol. The number of rotatable bonds is 6. The number of pyridine rings is 1. The second-order valence-electron chi connectivity index (χ2n) is 7.58. The Labute approximate surface area is 211 Å². The van der Waals surface area contributed by atoms with Gasteiger partial charge in [-0.15, -0.1) is 0 Å². The maximum Gasteiger partial charge on any atom is 0.417 e. The molecule has 1 atom stereocenters. The molecule has 0 saturated heterocycles. The number of nitrogens with one attached hydrogen (secondary N) is 3. The van der Waals surface area contributed by atoms with E-state index in [-0.39, 0.29) is 27.4 Å². The van der Waals surface area contributed by atoms with Crippen molar-refractivity contribution in [3.05, 3.63) is 105 Å². The summed E-state index contributed by atoms with van der Waals surface area (Å²) in [5.74, 6) is -1.46. The van der Waals surface area contributed by atoms with E-state index in [2.05, 4.69) is 31.0 Å². The number of alkyl halides is 3. The van der Waals surface area contributed by atoms with Crippen molar-refractivity contribution in [1.29, 1.82) is 0 Å². The Kier molecular flexibility index (Phi) is 7.30. The number of aromatic amines is 1. The fourth-order valence-corrected chi connectivity index (χ4v) is 3.55. The fourth-order valence-electron chi connectivity index (χ4n) is 3.34. The first-order chi connectivity index (χ1) is 17.6. The predicted molar refractivity (Wildman–Crippen MR) is 129 cm³/mol. The normalized spacial score (nSPS) is 12.4. The van der Waals surface area contributed by atoms with Crippen LogP contribution in [0.4, 0.5) is 13.2 Å². The van der Waals surface area contributed by atoms with Gasteiger partial charge in [0.05, 0.1) is 22.2 Å². The van der Waals surface area contributed by atoms with E-state index in [0.717, 1.165) is 6.21 Å². The highest BCUT2D eigenvalue weighted by Gasteiger charge is 2.31. The van der Waals surface area contributed by atoms with Crippen LogP contribution in [0.1, 0.15) is 33.4 Å². The minimum absolute atomic E-state index is 0.0397. The van der Waals surface area contributed by atoms with Crippen LogP contribution in [0, 0.1) is 0 Å². The van der Waals surface area contributed by atoms with Crippen LogP contribution < -0.4 is 16.3 Å².